The molecule has 144 valence electrons. The number of benzene rings is 2. The van der Waals surface area contributed by atoms with Gasteiger partial charge in [0.25, 0.3) is 0 Å². The number of nitrogens with zero attached hydrogens (tertiary/aromatic N) is 5. The Morgan fingerprint density at radius 1 is 1.00 bits per heavy atom. The van der Waals surface area contributed by atoms with Crippen LogP contribution in [-0.4, -0.2) is 57.5 Å². The Bertz CT molecular complexity index is 935. The molecule has 2 aromatic carbocycles. The summed E-state index contributed by atoms with van der Waals surface area (Å²) in [4.78, 5) is 21.2. The third kappa shape index (κ3) is 4.36. The zero-order chi connectivity index (χ0) is 19.3. The number of hydrogen-bond acceptors (Lipinski definition) is 5. The molecule has 7 heteroatoms. The molecule has 0 radical (unpaired) electrons. The van der Waals surface area contributed by atoms with E-state index in [2.05, 4.69) is 46.2 Å². The number of rotatable bonds is 5. The molecule has 3 aromatic rings. The molecule has 0 saturated carbocycles. The summed E-state index contributed by atoms with van der Waals surface area (Å²) in [6.45, 7) is 5.33. The molecular formula is C21H23N5OS. The Balaban J connectivity index is 1.28. The fraction of sp³-hybridized carbons (Fsp3) is 0.286. The molecule has 1 saturated heterocycles. The first-order valence-corrected chi connectivity index (χ1v) is 10.4. The fourth-order valence-electron chi connectivity index (χ4n) is 3.28. The molecule has 0 spiro atoms. The Morgan fingerprint density at radius 3 is 2.50 bits per heavy atom. The van der Waals surface area contributed by atoms with Crippen molar-refractivity contribution in [2.24, 2.45) is 0 Å². The lowest BCUT2D eigenvalue weighted by Gasteiger charge is -2.36. The summed E-state index contributed by atoms with van der Waals surface area (Å²) in [6.07, 6.45) is 1.68. The highest BCUT2D eigenvalue weighted by Crippen LogP contribution is 2.19. The maximum absolute atomic E-state index is 12.6. The average Bonchev–Trinajstić information content (AvgIpc) is 3.22. The van der Waals surface area contributed by atoms with Crippen LogP contribution in [0.3, 0.4) is 0 Å². The van der Waals surface area contributed by atoms with E-state index in [4.69, 9.17) is 0 Å². The van der Waals surface area contributed by atoms with E-state index in [1.165, 1.54) is 23.0 Å². The average molecular weight is 394 g/mol. The quantitative estimate of drug-likeness (QED) is 0.624. The van der Waals surface area contributed by atoms with E-state index in [1.807, 2.05) is 35.2 Å². The molecule has 1 aromatic heterocycles. The molecule has 1 amide bonds. The van der Waals surface area contributed by atoms with Crippen LogP contribution in [0.1, 0.15) is 5.56 Å². The summed E-state index contributed by atoms with van der Waals surface area (Å²) in [5.41, 5.74) is 3.45. The number of carbonyl (C=O) groups excluding carboxylic acids is 1. The van der Waals surface area contributed by atoms with Crippen molar-refractivity contribution in [2.45, 2.75) is 12.1 Å². The normalized spacial score (nSPS) is 14.3. The molecule has 0 atom stereocenters. The number of carbonyl (C=O) groups is 1. The van der Waals surface area contributed by atoms with Crippen molar-refractivity contribution in [1.29, 1.82) is 0 Å². The van der Waals surface area contributed by atoms with Crippen LogP contribution in [0.5, 0.6) is 0 Å². The monoisotopic (exact) mass is 393 g/mol. The minimum absolute atomic E-state index is 0.143. The lowest BCUT2D eigenvalue weighted by Crippen LogP contribution is -2.49. The predicted octanol–water partition coefficient (Wildman–Crippen LogP) is 3.02. The van der Waals surface area contributed by atoms with E-state index < -0.39 is 0 Å². The number of para-hydroxylation sites is 1. The van der Waals surface area contributed by atoms with Crippen molar-refractivity contribution >= 4 is 23.4 Å². The zero-order valence-corrected chi connectivity index (χ0v) is 16.7. The van der Waals surface area contributed by atoms with E-state index in [0.29, 0.717) is 10.9 Å². The van der Waals surface area contributed by atoms with Gasteiger partial charge in [-0.25, -0.2) is 9.67 Å². The standard InChI is InChI=1S/C21H23N5OS/c1-17-6-5-9-19(14-17)24-10-12-25(13-11-24)20(27)15-28-21-22-16-26(23-21)18-7-3-2-4-8-18/h2-9,14,16H,10-13,15H2,1H3. The second-order valence-electron chi connectivity index (χ2n) is 6.80. The molecular weight excluding hydrogens is 370 g/mol. The maximum Gasteiger partial charge on any atom is 0.233 e. The van der Waals surface area contributed by atoms with Gasteiger partial charge in [-0.1, -0.05) is 42.1 Å². The van der Waals surface area contributed by atoms with Gasteiger partial charge in [-0.15, -0.1) is 5.10 Å². The number of anilines is 1. The number of aromatic nitrogens is 3. The summed E-state index contributed by atoms with van der Waals surface area (Å²) in [5, 5.41) is 5.07. The molecule has 0 bridgehead atoms. The van der Waals surface area contributed by atoms with Gasteiger partial charge in [-0.05, 0) is 36.8 Å². The molecule has 0 N–H and O–H groups in total. The first kappa shape index (κ1) is 18.6. The minimum atomic E-state index is 0.143. The zero-order valence-electron chi connectivity index (χ0n) is 15.9. The summed E-state index contributed by atoms with van der Waals surface area (Å²) in [6, 6.07) is 18.4. The number of hydrogen-bond donors (Lipinski definition) is 0. The largest absolute Gasteiger partial charge is 0.368 e. The molecule has 28 heavy (non-hydrogen) atoms. The highest BCUT2D eigenvalue weighted by Gasteiger charge is 2.21. The lowest BCUT2D eigenvalue weighted by atomic mass is 10.2. The summed E-state index contributed by atoms with van der Waals surface area (Å²) < 4.78 is 1.73. The van der Waals surface area contributed by atoms with Gasteiger partial charge in [0.05, 0.1) is 11.4 Å². The van der Waals surface area contributed by atoms with Crippen LogP contribution in [0.4, 0.5) is 5.69 Å². The van der Waals surface area contributed by atoms with Crippen molar-refractivity contribution < 1.29 is 4.79 Å². The summed E-state index contributed by atoms with van der Waals surface area (Å²) >= 11 is 1.39. The van der Waals surface area contributed by atoms with E-state index >= 15 is 0 Å². The van der Waals surface area contributed by atoms with Crippen LogP contribution >= 0.6 is 11.8 Å². The second kappa shape index (κ2) is 8.48. The third-order valence-electron chi connectivity index (χ3n) is 4.82. The van der Waals surface area contributed by atoms with Gasteiger partial charge in [-0.2, -0.15) is 0 Å². The van der Waals surface area contributed by atoms with Gasteiger partial charge in [0.15, 0.2) is 0 Å². The first-order valence-electron chi connectivity index (χ1n) is 9.38. The van der Waals surface area contributed by atoms with Crippen LogP contribution in [0.25, 0.3) is 5.69 Å². The van der Waals surface area contributed by atoms with Crippen LogP contribution in [0.2, 0.25) is 0 Å². The summed E-state index contributed by atoms with van der Waals surface area (Å²) in [7, 11) is 0. The van der Waals surface area contributed by atoms with Gasteiger partial charge in [0.2, 0.25) is 11.1 Å². The number of aryl methyl sites for hydroxylation is 1. The van der Waals surface area contributed by atoms with Crippen molar-refractivity contribution in [3.05, 3.63) is 66.5 Å². The third-order valence-corrected chi connectivity index (χ3v) is 5.65. The van der Waals surface area contributed by atoms with Gasteiger partial charge in [0.1, 0.15) is 6.33 Å². The highest BCUT2D eigenvalue weighted by atomic mass is 32.2. The number of amides is 1. The fourth-order valence-corrected chi connectivity index (χ4v) is 3.98. The smallest absolute Gasteiger partial charge is 0.233 e. The van der Waals surface area contributed by atoms with Gasteiger partial charge in [-0.3, -0.25) is 4.79 Å². The van der Waals surface area contributed by atoms with Crippen molar-refractivity contribution in [3.8, 4) is 5.69 Å². The molecule has 0 aliphatic carbocycles. The van der Waals surface area contributed by atoms with Crippen LogP contribution < -0.4 is 4.90 Å². The Hall–Kier alpha value is -2.80. The Morgan fingerprint density at radius 2 is 1.75 bits per heavy atom. The summed E-state index contributed by atoms with van der Waals surface area (Å²) in [5.74, 6) is 0.508. The van der Waals surface area contributed by atoms with Crippen molar-refractivity contribution in [1.82, 2.24) is 19.7 Å². The minimum Gasteiger partial charge on any atom is -0.368 e. The van der Waals surface area contributed by atoms with Gasteiger partial charge < -0.3 is 9.80 Å². The molecule has 0 unspecified atom stereocenters. The molecule has 4 rings (SSSR count). The second-order valence-corrected chi connectivity index (χ2v) is 7.75. The lowest BCUT2D eigenvalue weighted by molar-refractivity contribution is -0.128. The SMILES string of the molecule is Cc1cccc(N2CCN(C(=O)CSc3ncn(-c4ccccc4)n3)CC2)c1. The highest BCUT2D eigenvalue weighted by molar-refractivity contribution is 7.99. The van der Waals surface area contributed by atoms with E-state index in [9.17, 15) is 4.79 Å². The number of piperazine rings is 1. The van der Waals surface area contributed by atoms with E-state index in [1.54, 1.807) is 11.0 Å². The molecule has 1 aliphatic rings. The van der Waals surface area contributed by atoms with Gasteiger partial charge >= 0.3 is 0 Å². The Kier molecular flexibility index (Phi) is 5.62. The van der Waals surface area contributed by atoms with Crippen LogP contribution in [0, 0.1) is 6.92 Å². The van der Waals surface area contributed by atoms with E-state index in [-0.39, 0.29) is 5.91 Å². The maximum atomic E-state index is 12.6. The predicted molar refractivity (Wildman–Crippen MR) is 112 cm³/mol. The molecule has 1 aliphatic heterocycles. The Labute approximate surface area is 169 Å². The number of thioether (sulfide) groups is 1. The molecule has 6 nitrogen and oxygen atoms in total. The molecule has 1 fully saturated rings. The van der Waals surface area contributed by atoms with Crippen molar-refractivity contribution in [2.75, 3.05) is 36.8 Å². The first-order chi connectivity index (χ1) is 13.7. The molecule has 2 heterocycles. The topological polar surface area (TPSA) is 54.3 Å². The van der Waals surface area contributed by atoms with E-state index in [0.717, 1.165) is 31.9 Å². The van der Waals surface area contributed by atoms with Crippen molar-refractivity contribution in [3.63, 3.8) is 0 Å². The van der Waals surface area contributed by atoms with Crippen LogP contribution in [-0.2, 0) is 4.79 Å². The van der Waals surface area contributed by atoms with Gasteiger partial charge in [0, 0.05) is 31.9 Å². The van der Waals surface area contributed by atoms with Crippen LogP contribution in [0.15, 0.2) is 66.1 Å².